The SMILES string of the molecule is CCn1ccnc1OC1CCC(CO)CC1. The van der Waals surface area contributed by atoms with Gasteiger partial charge in [-0.3, -0.25) is 0 Å². The number of rotatable bonds is 4. The lowest BCUT2D eigenvalue weighted by Gasteiger charge is -2.27. The molecule has 4 nitrogen and oxygen atoms in total. The van der Waals surface area contributed by atoms with Crippen LogP contribution in [0.4, 0.5) is 0 Å². The number of ether oxygens (including phenoxy) is 1. The molecule has 1 N–H and O–H groups in total. The molecule has 90 valence electrons. The lowest BCUT2D eigenvalue weighted by atomic mass is 9.88. The van der Waals surface area contributed by atoms with E-state index in [4.69, 9.17) is 9.84 Å². The third-order valence-corrected chi connectivity index (χ3v) is 3.34. The van der Waals surface area contributed by atoms with Crippen molar-refractivity contribution in [2.24, 2.45) is 5.92 Å². The highest BCUT2D eigenvalue weighted by Crippen LogP contribution is 2.26. The molecule has 0 radical (unpaired) electrons. The number of nitrogens with zero attached hydrogens (tertiary/aromatic N) is 2. The zero-order valence-electron chi connectivity index (χ0n) is 9.80. The number of hydrogen-bond donors (Lipinski definition) is 1. The van der Waals surface area contributed by atoms with Crippen molar-refractivity contribution in [2.45, 2.75) is 45.3 Å². The van der Waals surface area contributed by atoms with E-state index in [2.05, 4.69) is 11.9 Å². The molecule has 0 spiro atoms. The fraction of sp³-hybridized carbons (Fsp3) is 0.750. The average Bonchev–Trinajstić information content (AvgIpc) is 2.77. The minimum atomic E-state index is 0.274. The van der Waals surface area contributed by atoms with Crippen molar-refractivity contribution in [3.8, 4) is 6.01 Å². The molecule has 4 heteroatoms. The second kappa shape index (κ2) is 5.34. The van der Waals surface area contributed by atoms with E-state index in [9.17, 15) is 0 Å². The Morgan fingerprint density at radius 3 is 2.81 bits per heavy atom. The average molecular weight is 224 g/mol. The molecule has 1 saturated carbocycles. The molecule has 0 amide bonds. The summed E-state index contributed by atoms with van der Waals surface area (Å²) in [4.78, 5) is 4.21. The quantitative estimate of drug-likeness (QED) is 0.848. The van der Waals surface area contributed by atoms with Crippen LogP contribution in [-0.4, -0.2) is 27.4 Å². The second-order valence-corrected chi connectivity index (χ2v) is 4.44. The Bertz CT molecular complexity index is 317. The first-order valence-corrected chi connectivity index (χ1v) is 6.12. The molecule has 0 unspecified atom stereocenters. The number of aromatic nitrogens is 2. The summed E-state index contributed by atoms with van der Waals surface area (Å²) in [6.07, 6.45) is 8.17. The zero-order valence-corrected chi connectivity index (χ0v) is 9.80. The van der Waals surface area contributed by atoms with E-state index >= 15 is 0 Å². The van der Waals surface area contributed by atoms with Crippen LogP contribution < -0.4 is 4.74 Å². The van der Waals surface area contributed by atoms with Crippen LogP contribution in [0.25, 0.3) is 0 Å². The first kappa shape index (κ1) is 11.5. The monoisotopic (exact) mass is 224 g/mol. The maximum absolute atomic E-state index is 9.06. The van der Waals surface area contributed by atoms with Gasteiger partial charge in [-0.1, -0.05) is 0 Å². The maximum atomic E-state index is 9.06. The van der Waals surface area contributed by atoms with Crippen molar-refractivity contribution in [1.82, 2.24) is 9.55 Å². The minimum Gasteiger partial charge on any atom is -0.461 e. The normalized spacial score (nSPS) is 25.6. The molecule has 2 rings (SSSR count). The van der Waals surface area contributed by atoms with Gasteiger partial charge in [0.15, 0.2) is 0 Å². The van der Waals surface area contributed by atoms with Crippen molar-refractivity contribution in [1.29, 1.82) is 0 Å². The first-order valence-electron chi connectivity index (χ1n) is 6.12. The van der Waals surface area contributed by atoms with Crippen LogP contribution in [-0.2, 0) is 6.54 Å². The van der Waals surface area contributed by atoms with E-state index in [0.717, 1.165) is 38.2 Å². The Kier molecular flexibility index (Phi) is 3.83. The summed E-state index contributed by atoms with van der Waals surface area (Å²) in [6.45, 7) is 3.29. The predicted octanol–water partition coefficient (Wildman–Crippen LogP) is 1.83. The van der Waals surface area contributed by atoms with Crippen LogP contribution in [0.15, 0.2) is 12.4 Å². The molecule has 0 bridgehead atoms. The molecular formula is C12H20N2O2. The van der Waals surface area contributed by atoms with Gasteiger partial charge in [-0.15, -0.1) is 0 Å². The Hall–Kier alpha value is -1.03. The van der Waals surface area contributed by atoms with Gasteiger partial charge in [0, 0.05) is 25.5 Å². The van der Waals surface area contributed by atoms with Crippen molar-refractivity contribution in [2.75, 3.05) is 6.61 Å². The van der Waals surface area contributed by atoms with Gasteiger partial charge in [-0.05, 0) is 38.5 Å². The fourth-order valence-electron chi connectivity index (χ4n) is 2.24. The van der Waals surface area contributed by atoms with Crippen LogP contribution in [0.2, 0.25) is 0 Å². The minimum absolute atomic E-state index is 0.274. The fourth-order valence-corrected chi connectivity index (χ4v) is 2.24. The van der Waals surface area contributed by atoms with E-state index in [1.54, 1.807) is 6.20 Å². The Morgan fingerprint density at radius 1 is 1.44 bits per heavy atom. The molecule has 1 aromatic rings. The summed E-state index contributed by atoms with van der Waals surface area (Å²) in [5, 5.41) is 9.06. The molecular weight excluding hydrogens is 204 g/mol. The Morgan fingerprint density at radius 2 is 2.19 bits per heavy atom. The van der Waals surface area contributed by atoms with Gasteiger partial charge in [-0.2, -0.15) is 0 Å². The number of aliphatic hydroxyl groups is 1. The molecule has 16 heavy (non-hydrogen) atoms. The summed E-state index contributed by atoms with van der Waals surface area (Å²) in [7, 11) is 0. The predicted molar refractivity (Wildman–Crippen MR) is 61.4 cm³/mol. The van der Waals surface area contributed by atoms with Crippen molar-refractivity contribution < 1.29 is 9.84 Å². The molecule has 1 heterocycles. The third-order valence-electron chi connectivity index (χ3n) is 3.34. The number of imidazole rings is 1. The van der Waals surface area contributed by atoms with Crippen LogP contribution in [0.1, 0.15) is 32.6 Å². The van der Waals surface area contributed by atoms with Gasteiger partial charge >= 0.3 is 0 Å². The number of aliphatic hydroxyl groups excluding tert-OH is 1. The highest BCUT2D eigenvalue weighted by molar-refractivity contribution is 4.99. The van der Waals surface area contributed by atoms with Gasteiger partial charge in [0.25, 0.3) is 6.01 Å². The van der Waals surface area contributed by atoms with E-state index in [1.165, 1.54) is 0 Å². The van der Waals surface area contributed by atoms with Gasteiger partial charge in [0.2, 0.25) is 0 Å². The number of hydrogen-bond acceptors (Lipinski definition) is 3. The molecule has 0 saturated heterocycles. The molecule has 1 aliphatic rings. The zero-order chi connectivity index (χ0) is 11.4. The summed E-state index contributed by atoms with van der Waals surface area (Å²) in [6, 6.07) is 0.731. The van der Waals surface area contributed by atoms with Crippen LogP contribution in [0, 0.1) is 5.92 Å². The second-order valence-electron chi connectivity index (χ2n) is 4.44. The number of aryl methyl sites for hydroxylation is 1. The van der Waals surface area contributed by atoms with Crippen LogP contribution in [0.3, 0.4) is 0 Å². The van der Waals surface area contributed by atoms with Gasteiger partial charge in [0.05, 0.1) is 0 Å². The highest BCUT2D eigenvalue weighted by atomic mass is 16.5. The molecule has 0 aromatic carbocycles. The van der Waals surface area contributed by atoms with Crippen LogP contribution in [0.5, 0.6) is 6.01 Å². The third kappa shape index (κ3) is 2.55. The van der Waals surface area contributed by atoms with Crippen molar-refractivity contribution in [3.05, 3.63) is 12.4 Å². The van der Waals surface area contributed by atoms with E-state index < -0.39 is 0 Å². The summed E-state index contributed by atoms with van der Waals surface area (Å²) in [5.41, 5.74) is 0. The van der Waals surface area contributed by atoms with Gasteiger partial charge < -0.3 is 14.4 Å². The van der Waals surface area contributed by atoms with E-state index in [0.29, 0.717) is 12.5 Å². The Balaban J connectivity index is 1.87. The summed E-state index contributed by atoms with van der Waals surface area (Å²) < 4.78 is 7.89. The molecule has 0 atom stereocenters. The summed E-state index contributed by atoms with van der Waals surface area (Å²) >= 11 is 0. The molecule has 1 aliphatic carbocycles. The van der Waals surface area contributed by atoms with Gasteiger partial charge in [0.1, 0.15) is 6.10 Å². The lowest BCUT2D eigenvalue weighted by molar-refractivity contribution is 0.0935. The van der Waals surface area contributed by atoms with E-state index in [-0.39, 0.29) is 6.10 Å². The standard InChI is InChI=1S/C12H20N2O2/c1-2-14-8-7-13-12(14)16-11-5-3-10(9-15)4-6-11/h7-8,10-11,15H,2-6,9H2,1H3. The largest absolute Gasteiger partial charge is 0.461 e. The first-order chi connectivity index (χ1) is 7.83. The summed E-state index contributed by atoms with van der Waals surface area (Å²) in [5.74, 6) is 0.478. The smallest absolute Gasteiger partial charge is 0.296 e. The molecule has 0 aliphatic heterocycles. The van der Waals surface area contributed by atoms with Crippen molar-refractivity contribution in [3.63, 3.8) is 0 Å². The lowest BCUT2D eigenvalue weighted by Crippen LogP contribution is -2.26. The van der Waals surface area contributed by atoms with E-state index in [1.807, 2.05) is 10.8 Å². The maximum Gasteiger partial charge on any atom is 0.296 e. The van der Waals surface area contributed by atoms with Gasteiger partial charge in [-0.25, -0.2) is 4.98 Å². The molecule has 1 aromatic heterocycles. The van der Waals surface area contributed by atoms with Crippen molar-refractivity contribution >= 4 is 0 Å². The molecule has 1 fully saturated rings. The topological polar surface area (TPSA) is 47.3 Å². The van der Waals surface area contributed by atoms with Crippen LogP contribution >= 0.6 is 0 Å². The Labute approximate surface area is 96.3 Å². The highest BCUT2D eigenvalue weighted by Gasteiger charge is 2.22.